The molecule has 0 radical (unpaired) electrons. The lowest BCUT2D eigenvalue weighted by molar-refractivity contribution is 0.581. The van der Waals surface area contributed by atoms with Gasteiger partial charge in [0.25, 0.3) is 0 Å². The van der Waals surface area contributed by atoms with Crippen molar-refractivity contribution in [2.24, 2.45) is 0 Å². The van der Waals surface area contributed by atoms with Crippen LogP contribution in [0, 0.1) is 0 Å². The fourth-order valence-corrected chi connectivity index (χ4v) is 3.34. The molecule has 0 atom stereocenters. The van der Waals surface area contributed by atoms with Gasteiger partial charge in [0.05, 0.1) is 4.90 Å². The summed E-state index contributed by atoms with van der Waals surface area (Å²) >= 11 is 0. The van der Waals surface area contributed by atoms with E-state index in [0.29, 0.717) is 11.4 Å². The van der Waals surface area contributed by atoms with Crippen molar-refractivity contribution in [3.8, 4) is 0 Å². The van der Waals surface area contributed by atoms with Crippen LogP contribution in [0.25, 0.3) is 0 Å². The number of hydrogen-bond acceptors (Lipinski definition) is 3. The van der Waals surface area contributed by atoms with Crippen molar-refractivity contribution < 1.29 is 8.42 Å². The maximum Gasteiger partial charge on any atom is 0.240 e. The molecule has 1 aliphatic rings. The van der Waals surface area contributed by atoms with E-state index >= 15 is 0 Å². The van der Waals surface area contributed by atoms with E-state index in [1.165, 1.54) is 5.56 Å². The van der Waals surface area contributed by atoms with Gasteiger partial charge in [0, 0.05) is 18.8 Å². The Balaban J connectivity index is 1.78. The molecule has 0 spiro atoms. The lowest BCUT2D eigenvalue weighted by atomic mass is 10.2. The molecule has 0 aliphatic carbocycles. The van der Waals surface area contributed by atoms with Gasteiger partial charge >= 0.3 is 0 Å². The highest BCUT2D eigenvalue weighted by Gasteiger charge is 2.17. The van der Waals surface area contributed by atoms with Crippen LogP contribution in [0.5, 0.6) is 0 Å². The summed E-state index contributed by atoms with van der Waals surface area (Å²) < 4.78 is 27.2. The number of benzene rings is 2. The normalized spacial score (nSPS) is 13.8. The van der Waals surface area contributed by atoms with Gasteiger partial charge in [0.2, 0.25) is 10.0 Å². The standard InChI is InChI=1S/C15H16N2O2S/c18-20(19,17-11-12-4-2-1-3-5-12)14-7-6-13-8-9-16-15(13)10-14/h1-7,10,16-17H,8-9,11H2. The van der Waals surface area contributed by atoms with Gasteiger partial charge in [-0.15, -0.1) is 0 Å². The van der Waals surface area contributed by atoms with Gasteiger partial charge < -0.3 is 5.32 Å². The molecule has 2 aromatic rings. The van der Waals surface area contributed by atoms with Crippen LogP contribution in [0.4, 0.5) is 5.69 Å². The van der Waals surface area contributed by atoms with Gasteiger partial charge in [-0.2, -0.15) is 0 Å². The fraction of sp³-hybridized carbons (Fsp3) is 0.200. The minimum atomic E-state index is -3.47. The largest absolute Gasteiger partial charge is 0.384 e. The van der Waals surface area contributed by atoms with Crippen molar-refractivity contribution in [1.29, 1.82) is 0 Å². The molecular formula is C15H16N2O2S. The predicted molar refractivity (Wildman–Crippen MR) is 79.1 cm³/mol. The Morgan fingerprint density at radius 2 is 1.90 bits per heavy atom. The third kappa shape index (κ3) is 2.69. The Kier molecular flexibility index (Phi) is 3.46. The van der Waals surface area contributed by atoms with Gasteiger partial charge in [-0.1, -0.05) is 36.4 Å². The minimum absolute atomic E-state index is 0.299. The molecule has 2 N–H and O–H groups in total. The zero-order valence-electron chi connectivity index (χ0n) is 11.0. The van der Waals surface area contributed by atoms with Crippen LogP contribution in [0.1, 0.15) is 11.1 Å². The van der Waals surface area contributed by atoms with Crippen molar-refractivity contribution in [3.05, 3.63) is 59.7 Å². The number of nitrogens with one attached hydrogen (secondary N) is 2. The molecule has 104 valence electrons. The Bertz CT molecular complexity index is 712. The van der Waals surface area contributed by atoms with E-state index in [1.54, 1.807) is 12.1 Å². The van der Waals surface area contributed by atoms with Gasteiger partial charge in [-0.3, -0.25) is 0 Å². The highest BCUT2D eigenvalue weighted by atomic mass is 32.2. The molecular weight excluding hydrogens is 272 g/mol. The van der Waals surface area contributed by atoms with Crippen molar-refractivity contribution in [2.75, 3.05) is 11.9 Å². The molecule has 0 unspecified atom stereocenters. The van der Waals surface area contributed by atoms with Crippen molar-refractivity contribution in [2.45, 2.75) is 17.9 Å². The molecule has 0 saturated carbocycles. The summed E-state index contributed by atoms with van der Waals surface area (Å²) in [4.78, 5) is 0.307. The predicted octanol–water partition coefficient (Wildman–Crippen LogP) is 2.13. The SMILES string of the molecule is O=S(=O)(NCc1ccccc1)c1ccc2c(c1)NCC2. The quantitative estimate of drug-likeness (QED) is 0.906. The summed E-state index contributed by atoms with van der Waals surface area (Å²) in [5.41, 5.74) is 3.04. The third-order valence-electron chi connectivity index (χ3n) is 3.41. The van der Waals surface area contributed by atoms with Gasteiger partial charge in [0.15, 0.2) is 0 Å². The lowest BCUT2D eigenvalue weighted by Crippen LogP contribution is -2.23. The second-order valence-electron chi connectivity index (χ2n) is 4.81. The second kappa shape index (κ2) is 5.26. The Morgan fingerprint density at radius 1 is 1.10 bits per heavy atom. The van der Waals surface area contributed by atoms with Crippen LogP contribution in [0.3, 0.4) is 0 Å². The van der Waals surface area contributed by atoms with E-state index < -0.39 is 10.0 Å². The smallest absolute Gasteiger partial charge is 0.240 e. The highest BCUT2D eigenvalue weighted by Crippen LogP contribution is 2.25. The van der Waals surface area contributed by atoms with Crippen LogP contribution in [0.15, 0.2) is 53.4 Å². The zero-order valence-corrected chi connectivity index (χ0v) is 11.8. The van der Waals surface area contributed by atoms with Crippen LogP contribution in [-0.4, -0.2) is 15.0 Å². The van der Waals surface area contributed by atoms with Crippen LogP contribution < -0.4 is 10.0 Å². The molecule has 0 bridgehead atoms. The summed E-state index contributed by atoms with van der Waals surface area (Å²) in [6, 6.07) is 14.7. The van der Waals surface area contributed by atoms with Crippen molar-refractivity contribution >= 4 is 15.7 Å². The number of anilines is 1. The van der Waals surface area contributed by atoms with Crippen LogP contribution in [0.2, 0.25) is 0 Å². The van der Waals surface area contributed by atoms with Crippen LogP contribution in [-0.2, 0) is 23.0 Å². The lowest BCUT2D eigenvalue weighted by Gasteiger charge is -2.08. The Hall–Kier alpha value is -1.85. The average molecular weight is 288 g/mol. The number of hydrogen-bond donors (Lipinski definition) is 2. The Labute approximate surface area is 118 Å². The van der Waals surface area contributed by atoms with E-state index in [4.69, 9.17) is 0 Å². The van der Waals surface area contributed by atoms with Gasteiger partial charge in [-0.25, -0.2) is 13.1 Å². The van der Waals surface area contributed by atoms with Crippen molar-refractivity contribution in [1.82, 2.24) is 4.72 Å². The van der Waals surface area contributed by atoms with E-state index in [-0.39, 0.29) is 0 Å². The third-order valence-corrected chi connectivity index (χ3v) is 4.81. The summed E-state index contributed by atoms with van der Waals surface area (Å²) in [6.45, 7) is 1.17. The number of rotatable bonds is 4. The molecule has 20 heavy (non-hydrogen) atoms. The van der Waals surface area contributed by atoms with E-state index in [1.807, 2.05) is 36.4 Å². The zero-order chi connectivity index (χ0) is 14.0. The van der Waals surface area contributed by atoms with Crippen LogP contribution >= 0.6 is 0 Å². The maximum atomic E-state index is 12.3. The molecule has 1 heterocycles. The van der Waals surface area contributed by atoms with E-state index in [2.05, 4.69) is 10.0 Å². The molecule has 3 rings (SSSR count). The molecule has 0 amide bonds. The number of fused-ring (bicyclic) bond motifs is 1. The second-order valence-corrected chi connectivity index (χ2v) is 6.57. The summed E-state index contributed by atoms with van der Waals surface area (Å²) in [6.07, 6.45) is 0.951. The number of sulfonamides is 1. The first-order chi connectivity index (χ1) is 9.65. The molecule has 0 saturated heterocycles. The Morgan fingerprint density at radius 3 is 2.70 bits per heavy atom. The molecule has 4 nitrogen and oxygen atoms in total. The molecule has 2 aromatic carbocycles. The van der Waals surface area contributed by atoms with Crippen molar-refractivity contribution in [3.63, 3.8) is 0 Å². The summed E-state index contributed by atoms with van der Waals surface area (Å²) in [5.74, 6) is 0. The maximum absolute atomic E-state index is 12.3. The van der Waals surface area contributed by atoms with E-state index in [9.17, 15) is 8.42 Å². The first-order valence-electron chi connectivity index (χ1n) is 6.55. The molecule has 5 heteroatoms. The average Bonchev–Trinajstić information content (AvgIpc) is 2.94. The van der Waals surface area contributed by atoms with Gasteiger partial charge in [0.1, 0.15) is 0 Å². The monoisotopic (exact) mass is 288 g/mol. The minimum Gasteiger partial charge on any atom is -0.384 e. The van der Waals surface area contributed by atoms with E-state index in [0.717, 1.165) is 24.2 Å². The first kappa shape index (κ1) is 13.1. The van der Waals surface area contributed by atoms with Gasteiger partial charge in [-0.05, 0) is 29.7 Å². The highest BCUT2D eigenvalue weighted by molar-refractivity contribution is 7.89. The topological polar surface area (TPSA) is 58.2 Å². The summed E-state index contributed by atoms with van der Waals surface area (Å²) in [7, 11) is -3.47. The first-order valence-corrected chi connectivity index (χ1v) is 8.04. The summed E-state index contributed by atoms with van der Waals surface area (Å²) in [5, 5.41) is 3.19. The molecule has 0 fully saturated rings. The molecule has 1 aliphatic heterocycles. The fourth-order valence-electron chi connectivity index (χ4n) is 2.29. The molecule has 0 aromatic heterocycles.